The van der Waals surface area contributed by atoms with E-state index in [4.69, 9.17) is 0 Å². The molecule has 19 heavy (non-hydrogen) atoms. The van der Waals surface area contributed by atoms with Gasteiger partial charge in [-0.1, -0.05) is 0 Å². The minimum Gasteiger partial charge on any atom is -0.269 e. The first kappa shape index (κ1) is 12.1. The van der Waals surface area contributed by atoms with Crippen molar-refractivity contribution in [3.63, 3.8) is 0 Å². The summed E-state index contributed by atoms with van der Waals surface area (Å²) in [6.07, 6.45) is 1.54. The summed E-state index contributed by atoms with van der Waals surface area (Å²) >= 11 is 1.67. The Morgan fingerprint density at radius 2 is 2.21 bits per heavy atom. The molecule has 3 rings (SSSR count). The first-order valence-electron chi connectivity index (χ1n) is 6.20. The molecule has 5 nitrogen and oxygen atoms in total. The van der Waals surface area contributed by atoms with E-state index < -0.39 is 0 Å². The predicted molar refractivity (Wildman–Crippen MR) is 76.1 cm³/mol. The Bertz CT molecular complexity index is 693. The number of hydrogen-bond acceptors (Lipinski definition) is 4. The molecule has 0 bridgehead atoms. The highest BCUT2D eigenvalue weighted by Crippen LogP contribution is 2.37. The molecule has 0 aliphatic heterocycles. The maximum atomic E-state index is 4.58. The van der Waals surface area contributed by atoms with Crippen LogP contribution in [0, 0.1) is 13.8 Å². The Labute approximate surface area is 115 Å². The van der Waals surface area contributed by atoms with E-state index >= 15 is 0 Å². The second kappa shape index (κ2) is 4.62. The van der Waals surface area contributed by atoms with Gasteiger partial charge in [0.25, 0.3) is 0 Å². The summed E-state index contributed by atoms with van der Waals surface area (Å²) in [6, 6.07) is 2.12. The van der Waals surface area contributed by atoms with Gasteiger partial charge in [0.2, 0.25) is 0 Å². The fourth-order valence-electron chi connectivity index (χ4n) is 2.40. The number of rotatable bonds is 3. The van der Waals surface area contributed by atoms with Crippen LogP contribution in [0.5, 0.6) is 0 Å². The summed E-state index contributed by atoms with van der Waals surface area (Å²) < 4.78 is 2.03. The first-order valence-corrected chi connectivity index (χ1v) is 7.08. The molecule has 0 fully saturated rings. The van der Waals surface area contributed by atoms with Crippen LogP contribution < -0.4 is 0 Å². The summed E-state index contributed by atoms with van der Waals surface area (Å²) in [6.45, 7) is 7.15. The van der Waals surface area contributed by atoms with Crippen LogP contribution in [-0.2, 0) is 6.54 Å². The van der Waals surface area contributed by atoms with Crippen LogP contribution in [-0.4, -0.2) is 25.0 Å². The molecule has 0 aliphatic carbocycles. The average Bonchev–Trinajstić information content (AvgIpc) is 3.08. The van der Waals surface area contributed by atoms with Gasteiger partial charge in [-0.05, 0) is 32.2 Å². The minimum absolute atomic E-state index is 0.813. The molecule has 0 saturated heterocycles. The lowest BCUT2D eigenvalue weighted by molar-refractivity contribution is 0.634. The predicted octanol–water partition coefficient (Wildman–Crippen LogP) is 3.03. The Morgan fingerprint density at radius 1 is 1.37 bits per heavy atom. The summed E-state index contributed by atoms with van der Waals surface area (Å²) in [5, 5.41) is 13.5. The Hall–Kier alpha value is -1.95. The highest BCUT2D eigenvalue weighted by atomic mass is 32.1. The number of H-pyrrole nitrogens is 1. The average molecular weight is 273 g/mol. The maximum absolute atomic E-state index is 4.58. The van der Waals surface area contributed by atoms with Gasteiger partial charge in [-0.2, -0.15) is 10.2 Å². The lowest BCUT2D eigenvalue weighted by Crippen LogP contribution is -1.98. The minimum atomic E-state index is 0.813. The van der Waals surface area contributed by atoms with Crippen LogP contribution >= 0.6 is 11.3 Å². The normalized spacial score (nSPS) is 11.1. The van der Waals surface area contributed by atoms with Crippen molar-refractivity contribution in [3.05, 3.63) is 29.2 Å². The molecule has 3 aromatic rings. The van der Waals surface area contributed by atoms with Crippen molar-refractivity contribution in [2.75, 3.05) is 0 Å². The molecule has 0 aliphatic rings. The fraction of sp³-hybridized carbons (Fsp3) is 0.308. The summed E-state index contributed by atoms with van der Waals surface area (Å²) in [4.78, 5) is 5.36. The summed E-state index contributed by atoms with van der Waals surface area (Å²) in [7, 11) is 0. The Morgan fingerprint density at radius 3 is 2.84 bits per heavy atom. The number of hydrogen-bond donors (Lipinski definition) is 1. The molecule has 0 aromatic carbocycles. The van der Waals surface area contributed by atoms with Crippen molar-refractivity contribution < 1.29 is 0 Å². The second-order valence-electron chi connectivity index (χ2n) is 4.36. The molecule has 0 atom stereocenters. The van der Waals surface area contributed by atoms with Crippen molar-refractivity contribution >= 4 is 11.3 Å². The van der Waals surface area contributed by atoms with Crippen LogP contribution in [0.1, 0.15) is 18.3 Å². The van der Waals surface area contributed by atoms with E-state index in [1.54, 1.807) is 11.3 Å². The molecule has 6 heteroatoms. The zero-order valence-electron chi connectivity index (χ0n) is 11.1. The van der Waals surface area contributed by atoms with E-state index in [9.17, 15) is 0 Å². The lowest BCUT2D eigenvalue weighted by atomic mass is 10.0. The van der Waals surface area contributed by atoms with Crippen molar-refractivity contribution in [3.8, 4) is 21.8 Å². The van der Waals surface area contributed by atoms with Crippen molar-refractivity contribution in [2.24, 2.45) is 0 Å². The number of nitrogens with one attached hydrogen (secondary N) is 1. The molecule has 0 saturated carbocycles. The lowest BCUT2D eigenvalue weighted by Gasteiger charge is -2.03. The summed E-state index contributed by atoms with van der Waals surface area (Å²) in [5.41, 5.74) is 4.63. The first-order chi connectivity index (χ1) is 9.22. The quantitative estimate of drug-likeness (QED) is 0.798. The molecular weight excluding hydrogens is 258 g/mol. The van der Waals surface area contributed by atoms with Gasteiger partial charge in [0.05, 0.1) is 10.6 Å². The van der Waals surface area contributed by atoms with Gasteiger partial charge < -0.3 is 0 Å². The Kier molecular flexibility index (Phi) is 2.94. The van der Waals surface area contributed by atoms with E-state index in [-0.39, 0.29) is 0 Å². The van der Waals surface area contributed by atoms with Crippen molar-refractivity contribution in [1.29, 1.82) is 0 Å². The zero-order valence-corrected chi connectivity index (χ0v) is 12.0. The van der Waals surface area contributed by atoms with Crippen molar-refractivity contribution in [1.82, 2.24) is 25.0 Å². The van der Waals surface area contributed by atoms with Crippen LogP contribution in [0.2, 0.25) is 0 Å². The largest absolute Gasteiger partial charge is 0.269 e. The third kappa shape index (κ3) is 1.88. The van der Waals surface area contributed by atoms with E-state index in [0.717, 1.165) is 22.9 Å². The van der Waals surface area contributed by atoms with Gasteiger partial charge in [-0.3, -0.25) is 9.78 Å². The standard InChI is InChI=1S/C13H15N5S/c1-4-18-9(3)11(8(2)17-18)10-5-6-19-12(10)13-14-7-15-16-13/h5-7H,4H2,1-3H3,(H,14,15,16). The second-order valence-corrected chi connectivity index (χ2v) is 5.28. The van der Waals surface area contributed by atoms with E-state index in [1.807, 2.05) is 4.68 Å². The molecule has 0 spiro atoms. The monoisotopic (exact) mass is 273 g/mol. The van der Waals surface area contributed by atoms with Crippen molar-refractivity contribution in [2.45, 2.75) is 27.3 Å². The number of aromatic amines is 1. The number of thiophene rings is 1. The van der Waals surface area contributed by atoms with Crippen LogP contribution in [0.4, 0.5) is 0 Å². The Balaban J connectivity index is 2.19. The topological polar surface area (TPSA) is 59.4 Å². The number of nitrogens with zero attached hydrogens (tertiary/aromatic N) is 4. The molecule has 3 heterocycles. The van der Waals surface area contributed by atoms with Gasteiger partial charge in [0.1, 0.15) is 6.33 Å². The highest BCUT2D eigenvalue weighted by molar-refractivity contribution is 7.14. The maximum Gasteiger partial charge on any atom is 0.166 e. The number of aryl methyl sites for hydroxylation is 2. The smallest absolute Gasteiger partial charge is 0.166 e. The SMILES string of the molecule is CCn1nc(C)c(-c2ccsc2-c2ncn[nH]2)c1C. The van der Waals surface area contributed by atoms with Gasteiger partial charge in [0, 0.05) is 23.4 Å². The molecular formula is C13H15N5S. The van der Waals surface area contributed by atoms with Gasteiger partial charge in [-0.15, -0.1) is 11.3 Å². The molecule has 0 unspecified atom stereocenters. The van der Waals surface area contributed by atoms with Gasteiger partial charge in [0.15, 0.2) is 5.82 Å². The number of aromatic nitrogens is 5. The third-order valence-electron chi connectivity index (χ3n) is 3.25. The fourth-order valence-corrected chi connectivity index (χ4v) is 3.25. The third-order valence-corrected chi connectivity index (χ3v) is 4.17. The van der Waals surface area contributed by atoms with Crippen LogP contribution in [0.3, 0.4) is 0 Å². The van der Waals surface area contributed by atoms with E-state index in [1.165, 1.54) is 23.1 Å². The summed E-state index contributed by atoms with van der Waals surface area (Å²) in [5.74, 6) is 0.813. The van der Waals surface area contributed by atoms with Crippen LogP contribution in [0.15, 0.2) is 17.8 Å². The van der Waals surface area contributed by atoms with E-state index in [0.29, 0.717) is 0 Å². The van der Waals surface area contributed by atoms with Gasteiger partial charge in [-0.25, -0.2) is 4.98 Å². The van der Waals surface area contributed by atoms with E-state index in [2.05, 4.69) is 52.5 Å². The molecule has 0 radical (unpaired) electrons. The molecule has 0 amide bonds. The van der Waals surface area contributed by atoms with Gasteiger partial charge >= 0.3 is 0 Å². The van der Waals surface area contributed by atoms with Crippen LogP contribution in [0.25, 0.3) is 21.8 Å². The molecule has 98 valence electrons. The molecule has 1 N–H and O–H groups in total. The molecule has 3 aromatic heterocycles. The highest BCUT2D eigenvalue weighted by Gasteiger charge is 2.18. The zero-order chi connectivity index (χ0) is 13.4.